The molecule has 0 spiro atoms. The minimum atomic E-state index is 1.04. The fraction of sp³-hybridized carbons (Fsp3) is 0.571. The van der Waals surface area contributed by atoms with E-state index in [0.717, 1.165) is 12.8 Å². The van der Waals surface area contributed by atoms with Gasteiger partial charge in [-0.25, -0.2) is 23.3 Å². The van der Waals surface area contributed by atoms with Crippen LogP contribution in [0.15, 0.2) is 35.5 Å². The van der Waals surface area contributed by atoms with Gasteiger partial charge < -0.3 is 0 Å². The molecule has 0 saturated heterocycles. The van der Waals surface area contributed by atoms with Crippen molar-refractivity contribution in [1.82, 2.24) is 0 Å². The van der Waals surface area contributed by atoms with Crippen LogP contribution in [0.25, 0.3) is 0 Å². The van der Waals surface area contributed by atoms with Gasteiger partial charge in [0.1, 0.15) is 0 Å². The standard InChI is InChI=1S/2C9H13.C3H6.Ti/c2*1-2-3-6-9-7-4-5-8-9;1-3-2;/h2*7-8H,2-4,6H2,1H3;1-2H3;/q2*-1;;+2. The summed E-state index contributed by atoms with van der Waals surface area (Å²) in [5.74, 6) is 0. The zero-order valence-electron chi connectivity index (χ0n) is 15.0. The molecule has 0 saturated carbocycles. The second-order valence-corrected chi connectivity index (χ2v) is 7.43. The third-order valence-corrected chi connectivity index (χ3v) is 3.18. The normalized spacial score (nSPS) is 14.6. The molecular formula is C21H32Ti. The van der Waals surface area contributed by atoms with Gasteiger partial charge in [0.2, 0.25) is 0 Å². The molecule has 0 amide bonds. The summed E-state index contributed by atoms with van der Waals surface area (Å²) in [6.45, 7) is 8.62. The quantitative estimate of drug-likeness (QED) is 0.386. The molecule has 2 aliphatic carbocycles. The SMILES string of the molecule is CCCCC1=CC[C-]=C1.CCCCC1=CC[C-]=C1.C[C](C)=[Ti+2]. The van der Waals surface area contributed by atoms with E-state index < -0.39 is 0 Å². The van der Waals surface area contributed by atoms with Crippen LogP contribution in [0.1, 0.15) is 79.1 Å². The van der Waals surface area contributed by atoms with Crippen molar-refractivity contribution in [3.05, 3.63) is 47.6 Å². The predicted octanol–water partition coefficient (Wildman–Crippen LogP) is 6.48. The Morgan fingerprint density at radius 1 is 0.909 bits per heavy atom. The second-order valence-electron chi connectivity index (χ2n) is 5.87. The third-order valence-electron chi connectivity index (χ3n) is 3.18. The zero-order chi connectivity index (χ0) is 16.6. The molecule has 0 N–H and O–H groups in total. The van der Waals surface area contributed by atoms with Crippen molar-refractivity contribution in [2.45, 2.75) is 79.1 Å². The summed E-state index contributed by atoms with van der Waals surface area (Å²) in [4.78, 5) is 0. The molecule has 120 valence electrons. The summed E-state index contributed by atoms with van der Waals surface area (Å²) < 4.78 is 1.42. The van der Waals surface area contributed by atoms with Gasteiger partial charge in [-0.1, -0.05) is 52.4 Å². The first kappa shape index (κ1) is 21.5. The summed E-state index contributed by atoms with van der Waals surface area (Å²) >= 11 is 2.08. The van der Waals surface area contributed by atoms with Crippen LogP contribution in [-0.2, 0) is 20.0 Å². The Morgan fingerprint density at radius 3 is 1.50 bits per heavy atom. The Labute approximate surface area is 150 Å². The van der Waals surface area contributed by atoms with Crippen LogP contribution < -0.4 is 0 Å². The summed E-state index contributed by atoms with van der Waals surface area (Å²) in [7, 11) is 0. The molecule has 0 aromatic carbocycles. The van der Waals surface area contributed by atoms with E-state index in [2.05, 4.69) is 84.1 Å². The molecule has 0 aromatic heterocycles. The van der Waals surface area contributed by atoms with Crippen LogP contribution in [0.4, 0.5) is 0 Å². The molecule has 0 atom stereocenters. The zero-order valence-corrected chi connectivity index (χ0v) is 16.5. The van der Waals surface area contributed by atoms with Crippen molar-refractivity contribution in [2.75, 3.05) is 0 Å². The molecule has 1 heteroatoms. The Hall–Kier alpha value is -0.456. The maximum absolute atomic E-state index is 3.16. The van der Waals surface area contributed by atoms with Crippen LogP contribution in [0.2, 0.25) is 0 Å². The van der Waals surface area contributed by atoms with Crippen molar-refractivity contribution >= 4 is 3.81 Å². The molecule has 0 unspecified atom stereocenters. The van der Waals surface area contributed by atoms with Crippen molar-refractivity contribution in [1.29, 1.82) is 0 Å². The van der Waals surface area contributed by atoms with Crippen LogP contribution in [0, 0.1) is 12.2 Å². The summed E-state index contributed by atoms with van der Waals surface area (Å²) in [5, 5.41) is 0. The van der Waals surface area contributed by atoms with Crippen molar-refractivity contribution < 1.29 is 20.0 Å². The Balaban J connectivity index is 0.000000326. The number of hydrogen-bond acceptors (Lipinski definition) is 0. The summed E-state index contributed by atoms with van der Waals surface area (Å²) in [6.07, 6.45) is 24.9. The monoisotopic (exact) mass is 332 g/mol. The molecule has 22 heavy (non-hydrogen) atoms. The van der Waals surface area contributed by atoms with Crippen molar-refractivity contribution in [3.8, 4) is 0 Å². The average Bonchev–Trinajstić information content (AvgIpc) is 3.16. The molecule has 0 fully saturated rings. The summed E-state index contributed by atoms with van der Waals surface area (Å²) in [5.41, 5.74) is 2.97. The first-order valence-electron chi connectivity index (χ1n) is 8.63. The van der Waals surface area contributed by atoms with Gasteiger partial charge in [-0.15, -0.1) is 12.8 Å². The number of unbranched alkanes of at least 4 members (excludes halogenated alkanes) is 2. The molecule has 0 heterocycles. The predicted molar refractivity (Wildman–Crippen MR) is 96.4 cm³/mol. The number of rotatable bonds is 6. The fourth-order valence-corrected chi connectivity index (χ4v) is 1.99. The van der Waals surface area contributed by atoms with E-state index in [-0.39, 0.29) is 0 Å². The number of hydrogen-bond donors (Lipinski definition) is 0. The molecule has 0 radical (unpaired) electrons. The molecule has 2 aliphatic rings. The van der Waals surface area contributed by atoms with Crippen LogP contribution >= 0.6 is 0 Å². The van der Waals surface area contributed by atoms with E-state index in [1.807, 2.05) is 0 Å². The van der Waals surface area contributed by atoms with Gasteiger partial charge in [-0.05, 0) is 0 Å². The van der Waals surface area contributed by atoms with Crippen LogP contribution in [-0.4, -0.2) is 3.81 Å². The van der Waals surface area contributed by atoms with E-state index in [9.17, 15) is 0 Å². The molecule has 0 aliphatic heterocycles. The van der Waals surface area contributed by atoms with E-state index in [0.29, 0.717) is 0 Å². The first-order valence-corrected chi connectivity index (χ1v) is 9.41. The van der Waals surface area contributed by atoms with E-state index >= 15 is 0 Å². The average molecular weight is 332 g/mol. The van der Waals surface area contributed by atoms with E-state index in [1.54, 1.807) is 0 Å². The van der Waals surface area contributed by atoms with E-state index in [1.165, 1.54) is 53.5 Å². The van der Waals surface area contributed by atoms with Gasteiger partial charge >= 0.3 is 37.6 Å². The van der Waals surface area contributed by atoms with Crippen molar-refractivity contribution in [3.63, 3.8) is 0 Å². The van der Waals surface area contributed by atoms with Gasteiger partial charge in [0, 0.05) is 0 Å². The van der Waals surface area contributed by atoms with Gasteiger partial charge in [0.25, 0.3) is 0 Å². The van der Waals surface area contributed by atoms with Crippen molar-refractivity contribution in [2.24, 2.45) is 0 Å². The van der Waals surface area contributed by atoms with Crippen LogP contribution in [0.5, 0.6) is 0 Å². The summed E-state index contributed by atoms with van der Waals surface area (Å²) in [6, 6.07) is 0. The first-order chi connectivity index (χ1) is 10.6. The van der Waals surface area contributed by atoms with Gasteiger partial charge in [-0.3, -0.25) is 12.2 Å². The fourth-order valence-electron chi connectivity index (χ4n) is 1.99. The third kappa shape index (κ3) is 14.5. The Kier molecular flexibility index (Phi) is 15.1. The van der Waals surface area contributed by atoms with E-state index in [4.69, 9.17) is 0 Å². The Morgan fingerprint density at radius 2 is 1.27 bits per heavy atom. The Bertz CT molecular complexity index is 370. The van der Waals surface area contributed by atoms with Gasteiger partial charge in [-0.2, -0.15) is 12.2 Å². The van der Waals surface area contributed by atoms with Crippen LogP contribution in [0.3, 0.4) is 0 Å². The topological polar surface area (TPSA) is 0 Å². The number of allylic oxidation sites excluding steroid dienone is 8. The molecular weight excluding hydrogens is 300 g/mol. The minimum absolute atomic E-state index is 1.04. The molecule has 0 aromatic rings. The molecule has 2 rings (SSSR count). The molecule has 0 nitrogen and oxygen atoms in total. The maximum atomic E-state index is 3.16. The van der Waals surface area contributed by atoms with Gasteiger partial charge in [0.15, 0.2) is 0 Å². The van der Waals surface area contributed by atoms with Gasteiger partial charge in [0.05, 0.1) is 0 Å². The second kappa shape index (κ2) is 15.4. The molecule has 0 bridgehead atoms.